The second-order valence-electron chi connectivity index (χ2n) is 7.77. The summed E-state index contributed by atoms with van der Waals surface area (Å²) in [6, 6.07) is 12.6. The first kappa shape index (κ1) is 20.4. The van der Waals surface area contributed by atoms with Crippen molar-refractivity contribution < 1.29 is 19.1 Å². The smallest absolute Gasteiger partial charge is 0.407 e. The van der Waals surface area contributed by atoms with Crippen LogP contribution >= 0.6 is 0 Å². The molecule has 2 aromatic carbocycles. The molecular weight excluding hydrogens is 396 g/mol. The van der Waals surface area contributed by atoms with Crippen molar-refractivity contribution in [2.45, 2.75) is 19.8 Å². The average Bonchev–Trinajstić information content (AvgIpc) is 3.22. The Hall–Kier alpha value is -3.86. The summed E-state index contributed by atoms with van der Waals surface area (Å²) < 4.78 is 5.87. The number of benzene rings is 2. The highest BCUT2D eigenvalue weighted by Gasteiger charge is 2.22. The maximum Gasteiger partial charge on any atom is 0.407 e. The lowest BCUT2D eigenvalue weighted by molar-refractivity contribution is 0.0928. The van der Waals surface area contributed by atoms with Gasteiger partial charge in [0, 0.05) is 30.8 Å². The number of nitrogens with zero attached hydrogens (tertiary/aromatic N) is 3. The second-order valence-corrected chi connectivity index (χ2v) is 7.77. The predicted molar refractivity (Wildman–Crippen MR) is 114 cm³/mol. The Labute approximate surface area is 179 Å². The number of nitrogens with one attached hydrogen (secondary N) is 1. The largest absolute Gasteiger partial charge is 0.465 e. The molecule has 1 aliphatic heterocycles. The summed E-state index contributed by atoms with van der Waals surface area (Å²) in [6.07, 6.45) is 0.606. The van der Waals surface area contributed by atoms with Gasteiger partial charge in [0.15, 0.2) is 5.58 Å². The monoisotopic (exact) mass is 418 g/mol. The molecule has 8 nitrogen and oxygen atoms in total. The van der Waals surface area contributed by atoms with Gasteiger partial charge in [-0.2, -0.15) is 5.26 Å². The number of piperidine rings is 1. The Morgan fingerprint density at radius 1 is 1.26 bits per heavy atom. The van der Waals surface area contributed by atoms with Gasteiger partial charge in [-0.15, -0.1) is 0 Å². The van der Waals surface area contributed by atoms with Crippen LogP contribution in [0.25, 0.3) is 22.6 Å². The molecule has 0 unspecified atom stereocenters. The third kappa shape index (κ3) is 4.36. The van der Waals surface area contributed by atoms with Crippen LogP contribution in [0.15, 0.2) is 40.8 Å². The minimum absolute atomic E-state index is 0.167. The van der Waals surface area contributed by atoms with E-state index in [-0.39, 0.29) is 11.8 Å². The number of oxazole rings is 1. The molecule has 0 aliphatic carbocycles. The minimum Gasteiger partial charge on any atom is -0.465 e. The zero-order valence-corrected chi connectivity index (χ0v) is 17.1. The topological polar surface area (TPSA) is 119 Å². The van der Waals surface area contributed by atoms with Crippen molar-refractivity contribution in [1.29, 1.82) is 5.26 Å². The van der Waals surface area contributed by atoms with E-state index in [1.54, 1.807) is 36.4 Å². The number of aromatic nitrogens is 1. The Morgan fingerprint density at radius 3 is 2.61 bits per heavy atom. The van der Waals surface area contributed by atoms with Crippen molar-refractivity contribution >= 4 is 23.1 Å². The van der Waals surface area contributed by atoms with Gasteiger partial charge in [0.05, 0.1) is 11.6 Å². The van der Waals surface area contributed by atoms with E-state index in [9.17, 15) is 9.59 Å². The molecule has 2 amide bonds. The van der Waals surface area contributed by atoms with Crippen molar-refractivity contribution in [2.75, 3.05) is 19.6 Å². The van der Waals surface area contributed by atoms with Crippen LogP contribution in [-0.2, 0) is 0 Å². The fraction of sp³-hybridized carbons (Fsp3) is 0.304. The van der Waals surface area contributed by atoms with E-state index in [0.29, 0.717) is 47.8 Å². The lowest BCUT2D eigenvalue weighted by Crippen LogP contribution is -2.40. The molecule has 0 spiro atoms. The lowest BCUT2D eigenvalue weighted by Gasteiger charge is -2.29. The number of carbonyl (C=O) groups is 2. The molecule has 2 heterocycles. The number of nitriles is 1. The second kappa shape index (κ2) is 8.48. The number of amides is 2. The van der Waals surface area contributed by atoms with Crippen LogP contribution < -0.4 is 5.32 Å². The summed E-state index contributed by atoms with van der Waals surface area (Å²) in [7, 11) is 0. The van der Waals surface area contributed by atoms with E-state index in [1.165, 1.54) is 4.90 Å². The summed E-state index contributed by atoms with van der Waals surface area (Å²) in [4.78, 5) is 29.3. The van der Waals surface area contributed by atoms with E-state index in [2.05, 4.69) is 16.4 Å². The summed E-state index contributed by atoms with van der Waals surface area (Å²) in [5.41, 5.74) is 3.92. The molecule has 8 heteroatoms. The van der Waals surface area contributed by atoms with E-state index >= 15 is 0 Å². The number of likely N-dealkylation sites (tertiary alicyclic amines) is 1. The molecular formula is C23H22N4O4. The van der Waals surface area contributed by atoms with Crippen LogP contribution in [0.1, 0.15) is 34.3 Å². The van der Waals surface area contributed by atoms with Crippen molar-refractivity contribution in [2.24, 2.45) is 5.92 Å². The molecule has 1 saturated heterocycles. The van der Waals surface area contributed by atoms with Gasteiger partial charge >= 0.3 is 6.09 Å². The number of hydrogen-bond donors (Lipinski definition) is 2. The van der Waals surface area contributed by atoms with E-state index < -0.39 is 6.09 Å². The highest BCUT2D eigenvalue weighted by molar-refractivity contribution is 5.94. The molecule has 2 N–H and O–H groups in total. The highest BCUT2D eigenvalue weighted by Crippen LogP contribution is 2.27. The molecule has 0 radical (unpaired) electrons. The van der Waals surface area contributed by atoms with Crippen LogP contribution in [0.5, 0.6) is 0 Å². The maximum absolute atomic E-state index is 12.5. The average molecular weight is 418 g/mol. The molecule has 1 fully saturated rings. The van der Waals surface area contributed by atoms with Gasteiger partial charge in [0.1, 0.15) is 5.52 Å². The van der Waals surface area contributed by atoms with Gasteiger partial charge in [-0.1, -0.05) is 0 Å². The van der Waals surface area contributed by atoms with Crippen molar-refractivity contribution in [3.05, 3.63) is 53.1 Å². The van der Waals surface area contributed by atoms with Crippen LogP contribution in [-0.4, -0.2) is 46.6 Å². The third-order valence-electron chi connectivity index (χ3n) is 5.64. The van der Waals surface area contributed by atoms with Gasteiger partial charge in [0.25, 0.3) is 5.91 Å². The molecule has 1 aromatic heterocycles. The van der Waals surface area contributed by atoms with E-state index in [1.807, 2.05) is 6.92 Å². The number of carbonyl (C=O) groups excluding carboxylic acids is 1. The Morgan fingerprint density at radius 2 is 1.97 bits per heavy atom. The lowest BCUT2D eigenvalue weighted by atomic mass is 9.97. The standard InChI is InChI=1S/C23H22N4O4/c1-14-10-16(12-24)11-19-20(14)31-22(26-19)18-4-2-17(3-5-18)21(28)25-13-15-6-8-27(9-7-15)23(29)30/h2-5,10-11,15H,6-9,13H2,1H3,(H,25,28)(H,29,30). The number of fused-ring (bicyclic) bond motifs is 1. The van der Waals surface area contributed by atoms with Crippen LogP contribution in [0, 0.1) is 24.2 Å². The van der Waals surface area contributed by atoms with Gasteiger partial charge in [-0.25, -0.2) is 9.78 Å². The minimum atomic E-state index is -0.887. The van der Waals surface area contributed by atoms with Gasteiger partial charge < -0.3 is 19.7 Å². The molecule has 4 rings (SSSR count). The quantitative estimate of drug-likeness (QED) is 0.665. The summed E-state index contributed by atoms with van der Waals surface area (Å²) in [5, 5.41) is 21.1. The SMILES string of the molecule is Cc1cc(C#N)cc2nc(-c3ccc(C(=O)NCC4CCN(C(=O)O)CC4)cc3)oc12. The molecule has 1 aliphatic rings. The van der Waals surface area contributed by atoms with Crippen molar-refractivity contribution in [3.8, 4) is 17.5 Å². The van der Waals surface area contributed by atoms with Gasteiger partial charge in [-0.05, 0) is 67.6 Å². The van der Waals surface area contributed by atoms with Crippen molar-refractivity contribution in [3.63, 3.8) is 0 Å². The Balaban J connectivity index is 1.40. The van der Waals surface area contributed by atoms with E-state index in [4.69, 9.17) is 14.8 Å². The summed E-state index contributed by atoms with van der Waals surface area (Å²) in [5.74, 6) is 0.546. The number of carboxylic acid groups (broad SMARTS) is 1. The Kier molecular flexibility index (Phi) is 5.58. The molecule has 3 aromatic rings. The van der Waals surface area contributed by atoms with Gasteiger partial charge in [-0.3, -0.25) is 4.79 Å². The molecule has 158 valence electrons. The fourth-order valence-corrected chi connectivity index (χ4v) is 3.82. The van der Waals surface area contributed by atoms with Crippen molar-refractivity contribution in [1.82, 2.24) is 15.2 Å². The predicted octanol–water partition coefficient (Wildman–Crippen LogP) is 3.79. The number of aryl methyl sites for hydroxylation is 1. The van der Waals surface area contributed by atoms with Crippen LogP contribution in [0.2, 0.25) is 0 Å². The van der Waals surface area contributed by atoms with Crippen LogP contribution in [0.4, 0.5) is 4.79 Å². The zero-order chi connectivity index (χ0) is 22.0. The third-order valence-corrected chi connectivity index (χ3v) is 5.64. The summed E-state index contributed by atoms with van der Waals surface area (Å²) >= 11 is 0. The molecule has 0 saturated carbocycles. The highest BCUT2D eigenvalue weighted by atomic mass is 16.4. The van der Waals surface area contributed by atoms with Gasteiger partial charge in [0.2, 0.25) is 5.89 Å². The van der Waals surface area contributed by atoms with Crippen LogP contribution in [0.3, 0.4) is 0 Å². The molecule has 0 atom stereocenters. The first-order chi connectivity index (χ1) is 14.9. The number of rotatable bonds is 4. The molecule has 31 heavy (non-hydrogen) atoms. The van der Waals surface area contributed by atoms with E-state index in [0.717, 1.165) is 24.0 Å². The zero-order valence-electron chi connectivity index (χ0n) is 17.1. The fourth-order valence-electron chi connectivity index (χ4n) is 3.82. The first-order valence-electron chi connectivity index (χ1n) is 10.1. The first-order valence-corrected chi connectivity index (χ1v) is 10.1. The Bertz CT molecular complexity index is 1170. The normalized spacial score (nSPS) is 14.4. The molecule has 0 bridgehead atoms. The summed E-state index contributed by atoms with van der Waals surface area (Å²) in [6.45, 7) is 3.41. The maximum atomic E-state index is 12.5. The number of hydrogen-bond acceptors (Lipinski definition) is 5.